The van der Waals surface area contributed by atoms with Gasteiger partial charge < -0.3 is 14.7 Å². The lowest BCUT2D eigenvalue weighted by Crippen LogP contribution is -2.13. The Bertz CT molecular complexity index is 1050. The molecule has 4 aromatic rings. The highest BCUT2D eigenvalue weighted by Crippen LogP contribution is 2.25. The molecular weight excluding hydrogens is 290 g/mol. The molecule has 2 heterocycles. The summed E-state index contributed by atoms with van der Waals surface area (Å²) in [5, 5.41) is 4.11. The van der Waals surface area contributed by atoms with E-state index in [1.54, 1.807) is 0 Å². The van der Waals surface area contributed by atoms with E-state index >= 15 is 0 Å². The number of nitrogens with one attached hydrogen (secondary N) is 2. The topological polar surface area (TPSA) is 70.9 Å². The van der Waals surface area contributed by atoms with Gasteiger partial charge in [-0.2, -0.15) is 0 Å². The Morgan fingerprint density at radius 3 is 2.83 bits per heavy atom. The number of benzene rings is 2. The molecule has 5 heteroatoms. The quantitative estimate of drug-likeness (QED) is 0.607. The molecule has 0 saturated heterocycles. The zero-order valence-corrected chi connectivity index (χ0v) is 12.6. The standard InChI is InChI=1S/C18H15N3O2/c1-11-7-8-14-13(9-11)16-17(23-14)18(22)21-15(20-16)10-19-12-5-3-2-4-6-12/h2-9,19H,10H2,1H3,(H,20,21,22). The Kier molecular flexibility index (Phi) is 3.12. The van der Waals surface area contributed by atoms with Gasteiger partial charge in [0, 0.05) is 11.1 Å². The molecule has 0 aliphatic heterocycles. The molecule has 0 bridgehead atoms. The molecule has 4 rings (SSSR count). The summed E-state index contributed by atoms with van der Waals surface area (Å²) in [5.74, 6) is 0.579. The first-order valence-corrected chi connectivity index (χ1v) is 7.42. The van der Waals surface area contributed by atoms with Crippen LogP contribution in [0.15, 0.2) is 57.7 Å². The summed E-state index contributed by atoms with van der Waals surface area (Å²) in [6, 6.07) is 15.6. The molecule has 0 saturated carbocycles. The number of hydrogen-bond acceptors (Lipinski definition) is 4. The van der Waals surface area contributed by atoms with Crippen molar-refractivity contribution in [3.63, 3.8) is 0 Å². The lowest BCUT2D eigenvalue weighted by atomic mass is 10.2. The van der Waals surface area contributed by atoms with Gasteiger partial charge in [0.2, 0.25) is 5.58 Å². The van der Waals surface area contributed by atoms with Gasteiger partial charge in [-0.3, -0.25) is 4.79 Å². The molecule has 2 aromatic heterocycles. The van der Waals surface area contributed by atoms with Crippen LogP contribution in [0.3, 0.4) is 0 Å². The van der Waals surface area contributed by atoms with Gasteiger partial charge in [0.25, 0.3) is 5.56 Å². The molecule has 0 amide bonds. The van der Waals surface area contributed by atoms with Gasteiger partial charge in [0.05, 0.1) is 6.54 Å². The van der Waals surface area contributed by atoms with Gasteiger partial charge >= 0.3 is 0 Å². The fourth-order valence-corrected chi connectivity index (χ4v) is 2.64. The number of furan rings is 1. The van der Waals surface area contributed by atoms with E-state index in [4.69, 9.17) is 4.42 Å². The molecule has 114 valence electrons. The fourth-order valence-electron chi connectivity index (χ4n) is 2.64. The molecule has 0 aliphatic rings. The van der Waals surface area contributed by atoms with E-state index in [-0.39, 0.29) is 11.1 Å². The fraction of sp³-hybridized carbons (Fsp3) is 0.111. The van der Waals surface area contributed by atoms with Crippen molar-refractivity contribution in [1.29, 1.82) is 0 Å². The summed E-state index contributed by atoms with van der Waals surface area (Å²) in [5.41, 5.74) is 3.38. The highest BCUT2D eigenvalue weighted by molar-refractivity contribution is 6.02. The molecule has 0 aliphatic carbocycles. The van der Waals surface area contributed by atoms with Gasteiger partial charge in [-0.25, -0.2) is 4.98 Å². The van der Waals surface area contributed by atoms with Crippen molar-refractivity contribution in [2.75, 3.05) is 5.32 Å². The predicted octanol–water partition coefficient (Wildman–Crippen LogP) is 3.59. The van der Waals surface area contributed by atoms with Crippen LogP contribution >= 0.6 is 0 Å². The number of anilines is 1. The number of fused-ring (bicyclic) bond motifs is 3. The van der Waals surface area contributed by atoms with E-state index in [9.17, 15) is 4.79 Å². The van der Waals surface area contributed by atoms with Gasteiger partial charge in [0.15, 0.2) is 0 Å². The first kappa shape index (κ1) is 13.6. The molecule has 0 atom stereocenters. The first-order valence-electron chi connectivity index (χ1n) is 7.42. The van der Waals surface area contributed by atoms with Crippen molar-refractivity contribution >= 4 is 27.8 Å². The number of rotatable bonds is 3. The van der Waals surface area contributed by atoms with Crippen LogP contribution in [0.25, 0.3) is 22.1 Å². The summed E-state index contributed by atoms with van der Waals surface area (Å²) in [6.07, 6.45) is 0. The van der Waals surface area contributed by atoms with E-state index in [0.29, 0.717) is 23.5 Å². The molecule has 2 aromatic carbocycles. The lowest BCUT2D eigenvalue weighted by Gasteiger charge is -2.05. The minimum atomic E-state index is -0.256. The molecule has 0 radical (unpaired) electrons. The Hall–Kier alpha value is -3.08. The maximum absolute atomic E-state index is 12.2. The van der Waals surface area contributed by atoms with Crippen LogP contribution in [-0.4, -0.2) is 9.97 Å². The van der Waals surface area contributed by atoms with Crippen molar-refractivity contribution in [3.8, 4) is 0 Å². The third kappa shape index (κ3) is 2.46. The molecular formula is C18H15N3O2. The normalized spacial score (nSPS) is 11.2. The summed E-state index contributed by atoms with van der Waals surface area (Å²) < 4.78 is 5.63. The molecule has 23 heavy (non-hydrogen) atoms. The van der Waals surface area contributed by atoms with E-state index in [1.807, 2.05) is 55.5 Å². The van der Waals surface area contributed by atoms with Crippen LogP contribution in [0.1, 0.15) is 11.4 Å². The van der Waals surface area contributed by atoms with Gasteiger partial charge in [-0.15, -0.1) is 0 Å². The second kappa shape index (κ2) is 5.28. The van der Waals surface area contributed by atoms with Crippen molar-refractivity contribution in [2.24, 2.45) is 0 Å². The number of aryl methyl sites for hydroxylation is 1. The second-order valence-electron chi connectivity index (χ2n) is 5.51. The first-order chi connectivity index (χ1) is 11.2. The number of para-hydroxylation sites is 1. The highest BCUT2D eigenvalue weighted by atomic mass is 16.3. The minimum Gasteiger partial charge on any atom is -0.449 e. The monoisotopic (exact) mass is 305 g/mol. The maximum atomic E-state index is 12.2. The molecule has 0 spiro atoms. The van der Waals surface area contributed by atoms with E-state index < -0.39 is 0 Å². The van der Waals surface area contributed by atoms with Gasteiger partial charge in [0.1, 0.15) is 16.9 Å². The Balaban J connectivity index is 1.77. The smallest absolute Gasteiger partial charge is 0.294 e. The van der Waals surface area contributed by atoms with E-state index in [2.05, 4.69) is 15.3 Å². The van der Waals surface area contributed by atoms with Crippen molar-refractivity contribution < 1.29 is 4.42 Å². The number of H-pyrrole nitrogens is 1. The molecule has 0 unspecified atom stereocenters. The summed E-state index contributed by atoms with van der Waals surface area (Å²) in [7, 11) is 0. The van der Waals surface area contributed by atoms with Crippen LogP contribution < -0.4 is 10.9 Å². The molecule has 2 N–H and O–H groups in total. The third-order valence-electron chi connectivity index (χ3n) is 3.76. The number of aromatic amines is 1. The lowest BCUT2D eigenvalue weighted by molar-refractivity contribution is 0.659. The van der Waals surface area contributed by atoms with Crippen LogP contribution in [0, 0.1) is 6.92 Å². The largest absolute Gasteiger partial charge is 0.449 e. The Morgan fingerprint density at radius 1 is 1.17 bits per heavy atom. The Morgan fingerprint density at radius 2 is 2.00 bits per heavy atom. The summed E-state index contributed by atoms with van der Waals surface area (Å²) in [4.78, 5) is 19.6. The average Bonchev–Trinajstić information content (AvgIpc) is 2.93. The number of hydrogen-bond donors (Lipinski definition) is 2. The van der Waals surface area contributed by atoms with Crippen molar-refractivity contribution in [2.45, 2.75) is 13.5 Å². The van der Waals surface area contributed by atoms with E-state index in [1.165, 1.54) is 0 Å². The SMILES string of the molecule is Cc1ccc2oc3c(=O)[nH]c(CNc4ccccc4)nc3c2c1. The average molecular weight is 305 g/mol. The number of nitrogens with zero attached hydrogens (tertiary/aromatic N) is 1. The number of aromatic nitrogens is 2. The molecule has 5 nitrogen and oxygen atoms in total. The Labute approximate surface area is 132 Å². The minimum absolute atomic E-state index is 0.256. The third-order valence-corrected chi connectivity index (χ3v) is 3.76. The highest BCUT2D eigenvalue weighted by Gasteiger charge is 2.13. The van der Waals surface area contributed by atoms with Gasteiger partial charge in [-0.1, -0.05) is 29.8 Å². The maximum Gasteiger partial charge on any atom is 0.294 e. The zero-order valence-electron chi connectivity index (χ0n) is 12.6. The second-order valence-corrected chi connectivity index (χ2v) is 5.51. The molecule has 0 fully saturated rings. The van der Waals surface area contributed by atoms with Crippen LogP contribution in [0.2, 0.25) is 0 Å². The van der Waals surface area contributed by atoms with Gasteiger partial charge in [-0.05, 0) is 31.2 Å². The summed E-state index contributed by atoms with van der Waals surface area (Å²) in [6.45, 7) is 2.44. The van der Waals surface area contributed by atoms with Crippen molar-refractivity contribution in [3.05, 3.63) is 70.3 Å². The van der Waals surface area contributed by atoms with E-state index in [0.717, 1.165) is 16.6 Å². The van der Waals surface area contributed by atoms with Crippen LogP contribution in [0.5, 0.6) is 0 Å². The van der Waals surface area contributed by atoms with Crippen LogP contribution in [-0.2, 0) is 6.54 Å². The van der Waals surface area contributed by atoms with Crippen molar-refractivity contribution in [1.82, 2.24) is 9.97 Å². The zero-order chi connectivity index (χ0) is 15.8. The summed E-state index contributed by atoms with van der Waals surface area (Å²) >= 11 is 0. The van der Waals surface area contributed by atoms with Crippen LogP contribution in [0.4, 0.5) is 5.69 Å². The predicted molar refractivity (Wildman–Crippen MR) is 90.6 cm³/mol.